The Labute approximate surface area is 117 Å². The number of nitrogens with zero attached hydrogens (tertiary/aromatic N) is 2. The summed E-state index contributed by atoms with van der Waals surface area (Å²) in [6.07, 6.45) is 4.24. The quantitative estimate of drug-likeness (QED) is 0.823. The maximum Gasteiger partial charge on any atom is 0.253 e. The van der Waals surface area contributed by atoms with Gasteiger partial charge in [0.1, 0.15) is 0 Å². The lowest BCUT2D eigenvalue weighted by Crippen LogP contribution is -2.41. The van der Waals surface area contributed by atoms with Crippen molar-refractivity contribution in [2.45, 2.75) is 18.9 Å². The average molecular weight is 270 g/mol. The fraction of sp³-hybridized carbons (Fsp3) is 0.467. The third-order valence-corrected chi connectivity index (χ3v) is 4.58. The molecule has 2 N–H and O–H groups in total. The first-order valence-corrected chi connectivity index (χ1v) is 7.27. The Kier molecular flexibility index (Phi) is 2.73. The molecule has 5 heteroatoms. The molecule has 0 bridgehead atoms. The van der Waals surface area contributed by atoms with Gasteiger partial charge in [-0.3, -0.25) is 9.89 Å². The van der Waals surface area contributed by atoms with E-state index in [2.05, 4.69) is 15.5 Å². The van der Waals surface area contributed by atoms with E-state index in [1.807, 2.05) is 23.1 Å². The van der Waals surface area contributed by atoms with Crippen molar-refractivity contribution < 1.29 is 4.79 Å². The lowest BCUT2D eigenvalue weighted by molar-refractivity contribution is 0.0786. The SMILES string of the molecule is O=C(c1ccc2cn[nH]c2c1)N1C[C@@H]2CCCN[C@@H]2C1. The molecule has 0 unspecified atom stereocenters. The van der Waals surface area contributed by atoms with Crippen molar-refractivity contribution in [3.8, 4) is 0 Å². The van der Waals surface area contributed by atoms with Crippen LogP contribution in [0.3, 0.4) is 0 Å². The van der Waals surface area contributed by atoms with Crippen LogP contribution in [0.1, 0.15) is 23.2 Å². The Balaban J connectivity index is 1.57. The number of fused-ring (bicyclic) bond motifs is 2. The molecule has 2 fully saturated rings. The molecule has 20 heavy (non-hydrogen) atoms. The number of aromatic nitrogens is 2. The van der Waals surface area contributed by atoms with Crippen LogP contribution in [-0.4, -0.2) is 46.7 Å². The van der Waals surface area contributed by atoms with Crippen molar-refractivity contribution >= 4 is 16.8 Å². The average Bonchev–Trinajstić information content (AvgIpc) is 3.11. The van der Waals surface area contributed by atoms with Gasteiger partial charge in [0.2, 0.25) is 0 Å². The van der Waals surface area contributed by atoms with Crippen LogP contribution in [0.5, 0.6) is 0 Å². The van der Waals surface area contributed by atoms with Gasteiger partial charge in [-0.1, -0.05) is 6.07 Å². The van der Waals surface area contributed by atoms with Gasteiger partial charge in [-0.2, -0.15) is 5.10 Å². The number of amides is 1. The normalized spacial score (nSPS) is 25.9. The van der Waals surface area contributed by atoms with Crippen molar-refractivity contribution in [1.82, 2.24) is 20.4 Å². The zero-order valence-electron chi connectivity index (χ0n) is 11.3. The molecule has 1 amide bonds. The highest BCUT2D eigenvalue weighted by Gasteiger charge is 2.36. The molecule has 0 saturated carbocycles. The predicted molar refractivity (Wildman–Crippen MR) is 76.5 cm³/mol. The van der Waals surface area contributed by atoms with E-state index in [0.717, 1.165) is 36.1 Å². The van der Waals surface area contributed by atoms with Crippen molar-refractivity contribution in [3.63, 3.8) is 0 Å². The monoisotopic (exact) mass is 270 g/mol. The second-order valence-electron chi connectivity index (χ2n) is 5.85. The lowest BCUT2D eigenvalue weighted by atomic mass is 9.94. The van der Waals surface area contributed by atoms with E-state index < -0.39 is 0 Å². The minimum absolute atomic E-state index is 0.137. The highest BCUT2D eigenvalue weighted by Crippen LogP contribution is 2.26. The minimum Gasteiger partial charge on any atom is -0.337 e. The van der Waals surface area contributed by atoms with E-state index in [4.69, 9.17) is 0 Å². The van der Waals surface area contributed by atoms with E-state index >= 15 is 0 Å². The second-order valence-corrected chi connectivity index (χ2v) is 5.85. The third kappa shape index (κ3) is 1.89. The van der Waals surface area contributed by atoms with Crippen molar-refractivity contribution in [2.75, 3.05) is 19.6 Å². The Morgan fingerprint density at radius 2 is 2.30 bits per heavy atom. The van der Waals surface area contributed by atoms with Gasteiger partial charge in [0.15, 0.2) is 0 Å². The number of piperidine rings is 1. The number of benzene rings is 1. The molecule has 2 aromatic rings. The molecule has 3 heterocycles. The molecule has 2 saturated heterocycles. The molecule has 2 aliphatic rings. The molecule has 0 spiro atoms. The smallest absolute Gasteiger partial charge is 0.253 e. The Hall–Kier alpha value is -1.88. The molecule has 1 aromatic heterocycles. The first kappa shape index (κ1) is 11.9. The van der Waals surface area contributed by atoms with E-state index in [-0.39, 0.29) is 5.91 Å². The maximum atomic E-state index is 12.6. The fourth-order valence-corrected chi connectivity index (χ4v) is 3.47. The third-order valence-electron chi connectivity index (χ3n) is 4.58. The van der Waals surface area contributed by atoms with Crippen LogP contribution in [0.25, 0.3) is 10.9 Å². The largest absolute Gasteiger partial charge is 0.337 e. The molecule has 5 nitrogen and oxygen atoms in total. The molecule has 0 radical (unpaired) electrons. The fourth-order valence-electron chi connectivity index (χ4n) is 3.47. The summed E-state index contributed by atoms with van der Waals surface area (Å²) in [5, 5.41) is 11.5. The zero-order chi connectivity index (χ0) is 13.5. The molecule has 2 atom stereocenters. The zero-order valence-corrected chi connectivity index (χ0v) is 11.3. The summed E-state index contributed by atoms with van der Waals surface area (Å²) in [4.78, 5) is 14.6. The van der Waals surface area contributed by atoms with Gasteiger partial charge in [0.05, 0.1) is 11.7 Å². The first-order chi connectivity index (χ1) is 9.81. The highest BCUT2D eigenvalue weighted by molar-refractivity contribution is 5.97. The van der Waals surface area contributed by atoms with Gasteiger partial charge in [-0.25, -0.2) is 0 Å². The maximum absolute atomic E-state index is 12.6. The van der Waals surface area contributed by atoms with Crippen LogP contribution in [0.15, 0.2) is 24.4 Å². The standard InChI is InChI=1S/C15H18N4O/c20-15(10-3-4-11-7-17-18-13(11)6-10)19-8-12-2-1-5-16-14(12)9-19/h3-4,6-7,12,14,16H,1-2,5,8-9H2,(H,17,18)/t12-,14+/m0/s1. The summed E-state index contributed by atoms with van der Waals surface area (Å²) in [5.74, 6) is 0.765. The highest BCUT2D eigenvalue weighted by atomic mass is 16.2. The van der Waals surface area contributed by atoms with Crippen LogP contribution in [0.4, 0.5) is 0 Å². The van der Waals surface area contributed by atoms with Crippen molar-refractivity contribution in [2.24, 2.45) is 5.92 Å². The van der Waals surface area contributed by atoms with E-state index in [1.54, 1.807) is 6.20 Å². The predicted octanol–water partition coefficient (Wildman–Crippen LogP) is 1.39. The summed E-state index contributed by atoms with van der Waals surface area (Å²) in [6.45, 7) is 2.81. The summed E-state index contributed by atoms with van der Waals surface area (Å²) in [6, 6.07) is 6.24. The summed E-state index contributed by atoms with van der Waals surface area (Å²) in [5.41, 5.74) is 1.67. The van der Waals surface area contributed by atoms with Crippen LogP contribution in [-0.2, 0) is 0 Å². The van der Waals surface area contributed by atoms with Gasteiger partial charge in [0, 0.05) is 30.1 Å². The molecule has 1 aromatic carbocycles. The van der Waals surface area contributed by atoms with Crippen LogP contribution in [0, 0.1) is 5.92 Å². The number of hydrogen-bond acceptors (Lipinski definition) is 3. The Morgan fingerprint density at radius 1 is 1.35 bits per heavy atom. The minimum atomic E-state index is 0.137. The van der Waals surface area contributed by atoms with Crippen LogP contribution >= 0.6 is 0 Å². The number of nitrogens with one attached hydrogen (secondary N) is 2. The van der Waals surface area contributed by atoms with Gasteiger partial charge in [0.25, 0.3) is 5.91 Å². The Morgan fingerprint density at radius 3 is 3.20 bits per heavy atom. The molecule has 4 rings (SSSR count). The second kappa shape index (κ2) is 4.59. The van der Waals surface area contributed by atoms with E-state index in [9.17, 15) is 4.79 Å². The number of H-pyrrole nitrogens is 1. The van der Waals surface area contributed by atoms with Gasteiger partial charge in [-0.15, -0.1) is 0 Å². The van der Waals surface area contributed by atoms with Gasteiger partial charge < -0.3 is 10.2 Å². The molecule has 104 valence electrons. The first-order valence-electron chi connectivity index (χ1n) is 7.27. The summed E-state index contributed by atoms with van der Waals surface area (Å²) < 4.78 is 0. The van der Waals surface area contributed by atoms with Crippen molar-refractivity contribution in [3.05, 3.63) is 30.0 Å². The lowest BCUT2D eigenvalue weighted by Gasteiger charge is -2.24. The molecule has 2 aliphatic heterocycles. The van der Waals surface area contributed by atoms with Gasteiger partial charge >= 0.3 is 0 Å². The van der Waals surface area contributed by atoms with Crippen LogP contribution in [0.2, 0.25) is 0 Å². The van der Waals surface area contributed by atoms with Crippen molar-refractivity contribution in [1.29, 1.82) is 0 Å². The van der Waals surface area contributed by atoms with E-state index in [1.165, 1.54) is 12.8 Å². The number of aromatic amines is 1. The molecular formula is C15H18N4O. The Bertz CT molecular complexity index is 636. The number of rotatable bonds is 1. The van der Waals surface area contributed by atoms with E-state index in [0.29, 0.717) is 12.0 Å². The summed E-state index contributed by atoms with van der Waals surface area (Å²) in [7, 11) is 0. The topological polar surface area (TPSA) is 61.0 Å². The molecular weight excluding hydrogens is 252 g/mol. The molecule has 0 aliphatic carbocycles. The van der Waals surface area contributed by atoms with Crippen LogP contribution < -0.4 is 5.32 Å². The number of carbonyl (C=O) groups excluding carboxylic acids is 1. The summed E-state index contributed by atoms with van der Waals surface area (Å²) >= 11 is 0. The number of likely N-dealkylation sites (tertiary alicyclic amines) is 1. The number of carbonyl (C=O) groups is 1. The number of hydrogen-bond donors (Lipinski definition) is 2. The van der Waals surface area contributed by atoms with Gasteiger partial charge in [-0.05, 0) is 37.4 Å².